The highest BCUT2D eigenvalue weighted by atomic mass is 16.5. The number of morpholine rings is 1. The lowest BCUT2D eigenvalue weighted by Gasteiger charge is -2.27. The molecule has 0 saturated carbocycles. The number of rotatable bonds is 3. The molecule has 0 spiro atoms. The first-order chi connectivity index (χ1) is 11.1. The van der Waals surface area contributed by atoms with Gasteiger partial charge in [0.25, 0.3) is 0 Å². The fraction of sp³-hybridized carbons (Fsp3) is 0.294. The number of ether oxygens (including phenoxy) is 1. The van der Waals surface area contributed by atoms with Gasteiger partial charge in [-0.15, -0.1) is 0 Å². The quantitative estimate of drug-likeness (QED) is 0.912. The van der Waals surface area contributed by atoms with Crippen LogP contribution in [0.4, 0.5) is 16.3 Å². The number of benzene rings is 1. The lowest BCUT2D eigenvalue weighted by Crippen LogP contribution is -2.36. The lowest BCUT2D eigenvalue weighted by atomic mass is 10.0. The number of urea groups is 1. The van der Waals surface area contributed by atoms with Crippen molar-refractivity contribution in [1.82, 2.24) is 4.98 Å². The van der Waals surface area contributed by atoms with Gasteiger partial charge in [-0.1, -0.05) is 6.07 Å². The van der Waals surface area contributed by atoms with Crippen molar-refractivity contribution in [2.45, 2.75) is 6.92 Å². The van der Waals surface area contributed by atoms with Gasteiger partial charge in [-0.3, -0.25) is 0 Å². The van der Waals surface area contributed by atoms with Crippen molar-refractivity contribution in [3.63, 3.8) is 0 Å². The van der Waals surface area contributed by atoms with Gasteiger partial charge in [-0.05, 0) is 42.3 Å². The Kier molecular flexibility index (Phi) is 4.43. The third-order valence-corrected chi connectivity index (χ3v) is 3.90. The summed E-state index contributed by atoms with van der Waals surface area (Å²) in [4.78, 5) is 17.8. The van der Waals surface area contributed by atoms with Crippen LogP contribution < -0.4 is 16.0 Å². The Balaban J connectivity index is 1.85. The zero-order valence-corrected chi connectivity index (χ0v) is 13.1. The maximum absolute atomic E-state index is 11.0. The molecule has 2 heterocycles. The van der Waals surface area contributed by atoms with Crippen LogP contribution in [0.1, 0.15) is 5.56 Å². The van der Waals surface area contributed by atoms with Gasteiger partial charge in [-0.2, -0.15) is 0 Å². The number of hydrogen-bond donors (Lipinski definition) is 2. The van der Waals surface area contributed by atoms with Crippen molar-refractivity contribution >= 4 is 17.5 Å². The second-order valence-corrected chi connectivity index (χ2v) is 5.52. The molecule has 120 valence electrons. The maximum Gasteiger partial charge on any atom is 0.316 e. The summed E-state index contributed by atoms with van der Waals surface area (Å²) in [6, 6.07) is 9.20. The molecule has 2 aromatic rings. The van der Waals surface area contributed by atoms with E-state index in [0.717, 1.165) is 48.8 Å². The van der Waals surface area contributed by atoms with Gasteiger partial charge in [0.15, 0.2) is 0 Å². The van der Waals surface area contributed by atoms with E-state index in [1.807, 2.05) is 43.5 Å². The highest BCUT2D eigenvalue weighted by Crippen LogP contribution is 2.27. The molecule has 1 saturated heterocycles. The Morgan fingerprint density at radius 1 is 1.26 bits per heavy atom. The van der Waals surface area contributed by atoms with E-state index >= 15 is 0 Å². The molecule has 3 rings (SSSR count). The van der Waals surface area contributed by atoms with E-state index in [2.05, 4.69) is 15.2 Å². The van der Waals surface area contributed by atoms with Crippen LogP contribution in [-0.2, 0) is 4.74 Å². The predicted octanol–water partition coefficient (Wildman–Crippen LogP) is 2.38. The molecular formula is C17H20N4O2. The van der Waals surface area contributed by atoms with Gasteiger partial charge in [0.2, 0.25) is 0 Å². The second-order valence-electron chi connectivity index (χ2n) is 5.52. The van der Waals surface area contributed by atoms with E-state index in [0.29, 0.717) is 5.69 Å². The molecule has 0 atom stereocenters. The summed E-state index contributed by atoms with van der Waals surface area (Å²) >= 11 is 0. The Hall–Kier alpha value is -2.60. The molecule has 0 aliphatic carbocycles. The number of nitrogens with two attached hydrogens (primary N) is 1. The number of anilines is 2. The van der Waals surface area contributed by atoms with Crippen LogP contribution >= 0.6 is 0 Å². The molecule has 1 aliphatic heterocycles. The number of hydrogen-bond acceptors (Lipinski definition) is 4. The Morgan fingerprint density at radius 2 is 2.04 bits per heavy atom. The number of aromatic nitrogens is 1. The number of carbonyl (C=O) groups is 1. The molecule has 23 heavy (non-hydrogen) atoms. The fourth-order valence-electron chi connectivity index (χ4n) is 2.68. The number of nitrogens with zero attached hydrogens (tertiary/aromatic N) is 2. The Bertz CT molecular complexity index is 694. The van der Waals surface area contributed by atoms with Crippen molar-refractivity contribution in [3.05, 3.63) is 42.1 Å². The van der Waals surface area contributed by atoms with Crippen LogP contribution in [0.25, 0.3) is 11.1 Å². The van der Waals surface area contributed by atoms with Crippen LogP contribution in [0, 0.1) is 6.92 Å². The Labute approximate surface area is 135 Å². The van der Waals surface area contributed by atoms with Gasteiger partial charge in [0.1, 0.15) is 5.82 Å². The van der Waals surface area contributed by atoms with Gasteiger partial charge < -0.3 is 20.7 Å². The second kappa shape index (κ2) is 6.66. The van der Waals surface area contributed by atoms with Crippen LogP contribution in [-0.4, -0.2) is 37.3 Å². The van der Waals surface area contributed by atoms with E-state index < -0.39 is 6.03 Å². The molecule has 1 aromatic heterocycles. The molecule has 6 nitrogen and oxygen atoms in total. The zero-order chi connectivity index (χ0) is 16.2. The molecule has 1 aromatic carbocycles. The minimum atomic E-state index is -0.569. The van der Waals surface area contributed by atoms with Crippen molar-refractivity contribution < 1.29 is 9.53 Å². The maximum atomic E-state index is 11.0. The van der Waals surface area contributed by atoms with E-state index in [9.17, 15) is 4.79 Å². The number of aryl methyl sites for hydroxylation is 1. The molecule has 6 heteroatoms. The third-order valence-electron chi connectivity index (χ3n) is 3.90. The molecule has 0 unspecified atom stereocenters. The molecule has 3 N–H and O–H groups in total. The van der Waals surface area contributed by atoms with Crippen LogP contribution in [0.15, 0.2) is 36.5 Å². The molecule has 2 amide bonds. The van der Waals surface area contributed by atoms with Gasteiger partial charge in [0.05, 0.1) is 13.2 Å². The number of nitrogens with one attached hydrogen (secondary N) is 1. The van der Waals surface area contributed by atoms with Crippen molar-refractivity contribution in [2.24, 2.45) is 5.73 Å². The Morgan fingerprint density at radius 3 is 2.70 bits per heavy atom. The van der Waals surface area contributed by atoms with Gasteiger partial charge >= 0.3 is 6.03 Å². The first-order valence-corrected chi connectivity index (χ1v) is 7.60. The summed E-state index contributed by atoms with van der Waals surface area (Å²) in [5.41, 5.74) is 9.00. The van der Waals surface area contributed by atoms with E-state index in [1.54, 1.807) is 0 Å². The highest BCUT2D eigenvalue weighted by molar-refractivity contribution is 5.89. The minimum absolute atomic E-state index is 0.569. The van der Waals surface area contributed by atoms with E-state index in [1.165, 1.54) is 0 Å². The summed E-state index contributed by atoms with van der Waals surface area (Å²) < 4.78 is 5.36. The summed E-state index contributed by atoms with van der Waals surface area (Å²) in [6.45, 7) is 5.23. The van der Waals surface area contributed by atoms with E-state index in [4.69, 9.17) is 10.5 Å². The summed E-state index contributed by atoms with van der Waals surface area (Å²) in [6.07, 6.45) is 1.86. The molecule has 0 bridgehead atoms. The van der Waals surface area contributed by atoms with Crippen molar-refractivity contribution in [1.29, 1.82) is 0 Å². The predicted molar refractivity (Wildman–Crippen MR) is 90.6 cm³/mol. The normalized spacial score (nSPS) is 14.6. The monoisotopic (exact) mass is 312 g/mol. The fourth-order valence-corrected chi connectivity index (χ4v) is 2.68. The topological polar surface area (TPSA) is 80.5 Å². The molecule has 1 aliphatic rings. The number of amides is 2. The van der Waals surface area contributed by atoms with Crippen LogP contribution in [0.5, 0.6) is 0 Å². The van der Waals surface area contributed by atoms with Gasteiger partial charge in [-0.25, -0.2) is 9.78 Å². The zero-order valence-electron chi connectivity index (χ0n) is 13.1. The lowest BCUT2D eigenvalue weighted by molar-refractivity contribution is 0.122. The van der Waals surface area contributed by atoms with Crippen molar-refractivity contribution in [2.75, 3.05) is 36.5 Å². The van der Waals surface area contributed by atoms with E-state index in [-0.39, 0.29) is 0 Å². The third kappa shape index (κ3) is 3.60. The minimum Gasteiger partial charge on any atom is -0.378 e. The average molecular weight is 312 g/mol. The standard InChI is InChI=1S/C17H20N4O2/c1-12-2-4-14(20-17(18)22)10-15(12)13-3-5-16(19-11-13)21-6-8-23-9-7-21/h2-5,10-11H,6-9H2,1H3,(H3,18,20,22). The largest absolute Gasteiger partial charge is 0.378 e. The van der Waals surface area contributed by atoms with Crippen LogP contribution in [0.2, 0.25) is 0 Å². The number of pyridine rings is 1. The smallest absolute Gasteiger partial charge is 0.316 e. The number of carbonyl (C=O) groups excluding carboxylic acids is 1. The number of primary amides is 1. The highest BCUT2D eigenvalue weighted by Gasteiger charge is 2.12. The summed E-state index contributed by atoms with van der Waals surface area (Å²) in [7, 11) is 0. The average Bonchev–Trinajstić information content (AvgIpc) is 2.57. The summed E-state index contributed by atoms with van der Waals surface area (Å²) in [5, 5.41) is 2.60. The molecule has 1 fully saturated rings. The van der Waals surface area contributed by atoms with Gasteiger partial charge in [0, 0.05) is 30.5 Å². The summed E-state index contributed by atoms with van der Waals surface area (Å²) in [5.74, 6) is 0.959. The first-order valence-electron chi connectivity index (χ1n) is 7.60. The molecular weight excluding hydrogens is 292 g/mol. The molecule has 0 radical (unpaired) electrons. The van der Waals surface area contributed by atoms with Crippen molar-refractivity contribution in [3.8, 4) is 11.1 Å². The first kappa shape index (κ1) is 15.3. The SMILES string of the molecule is Cc1ccc(NC(N)=O)cc1-c1ccc(N2CCOCC2)nc1. The van der Waals surface area contributed by atoms with Crippen LogP contribution in [0.3, 0.4) is 0 Å².